The fourth-order valence-corrected chi connectivity index (χ4v) is 5.73. The van der Waals surface area contributed by atoms with Crippen LogP contribution in [0, 0.1) is 5.92 Å². The standard InChI is InChI=1S/C21H27N3O5S2/c1-4-24(16(3)25)21-22-18(14-30-21)13-29-20(26)17-5-7-19(8-6-17)31(27,28)23-11-9-15(2)10-12-23/h5-8,14-15H,4,9-13H2,1-3H3. The van der Waals surface area contributed by atoms with Gasteiger partial charge in [0.05, 0.1) is 16.2 Å². The van der Waals surface area contributed by atoms with E-state index in [1.807, 2.05) is 6.92 Å². The topological polar surface area (TPSA) is 96.9 Å². The van der Waals surface area contributed by atoms with Crippen LogP contribution in [-0.4, -0.2) is 49.2 Å². The summed E-state index contributed by atoms with van der Waals surface area (Å²) in [5.41, 5.74) is 0.812. The third-order valence-corrected chi connectivity index (χ3v) is 8.11. The molecule has 1 saturated heterocycles. The Labute approximate surface area is 186 Å². The molecule has 168 valence electrons. The molecule has 31 heavy (non-hydrogen) atoms. The van der Waals surface area contributed by atoms with Gasteiger partial charge in [0.15, 0.2) is 5.13 Å². The van der Waals surface area contributed by atoms with Gasteiger partial charge in [-0.05, 0) is 49.9 Å². The zero-order valence-electron chi connectivity index (χ0n) is 17.9. The van der Waals surface area contributed by atoms with Gasteiger partial charge in [-0.1, -0.05) is 6.92 Å². The molecule has 0 unspecified atom stereocenters. The van der Waals surface area contributed by atoms with Gasteiger partial charge in [-0.15, -0.1) is 11.3 Å². The number of rotatable bonds is 7. The van der Waals surface area contributed by atoms with Crippen molar-refractivity contribution in [2.75, 3.05) is 24.5 Å². The summed E-state index contributed by atoms with van der Waals surface area (Å²) in [6.07, 6.45) is 1.70. The first-order chi connectivity index (χ1) is 14.7. The molecular formula is C21H27N3O5S2. The van der Waals surface area contributed by atoms with Gasteiger partial charge in [-0.25, -0.2) is 18.2 Å². The molecular weight excluding hydrogens is 438 g/mol. The number of benzene rings is 1. The van der Waals surface area contributed by atoms with Crippen molar-refractivity contribution in [3.05, 3.63) is 40.9 Å². The second kappa shape index (κ2) is 9.88. The molecule has 8 nitrogen and oxygen atoms in total. The van der Waals surface area contributed by atoms with E-state index in [1.165, 1.54) is 51.7 Å². The van der Waals surface area contributed by atoms with Gasteiger partial charge in [0.1, 0.15) is 6.61 Å². The molecule has 2 heterocycles. The number of anilines is 1. The minimum atomic E-state index is -3.56. The lowest BCUT2D eigenvalue weighted by Gasteiger charge is -2.29. The van der Waals surface area contributed by atoms with Crippen molar-refractivity contribution in [3.63, 3.8) is 0 Å². The summed E-state index contributed by atoms with van der Waals surface area (Å²) in [6, 6.07) is 5.81. The SMILES string of the molecule is CCN(C(C)=O)c1nc(COC(=O)c2ccc(S(=O)(=O)N3CCC(C)CC3)cc2)cs1. The molecule has 1 fully saturated rings. The maximum Gasteiger partial charge on any atom is 0.338 e. The summed E-state index contributed by atoms with van der Waals surface area (Å²) >= 11 is 1.31. The first-order valence-corrected chi connectivity index (χ1v) is 12.5. The van der Waals surface area contributed by atoms with Crippen LogP contribution in [0.3, 0.4) is 0 Å². The number of hydrogen-bond donors (Lipinski definition) is 0. The van der Waals surface area contributed by atoms with Crippen molar-refractivity contribution in [2.24, 2.45) is 5.92 Å². The number of sulfonamides is 1. The molecule has 0 bridgehead atoms. The number of hydrogen-bond acceptors (Lipinski definition) is 7. The molecule has 1 aromatic carbocycles. The van der Waals surface area contributed by atoms with E-state index in [0.29, 0.717) is 36.4 Å². The van der Waals surface area contributed by atoms with E-state index >= 15 is 0 Å². The van der Waals surface area contributed by atoms with E-state index in [0.717, 1.165) is 12.8 Å². The van der Waals surface area contributed by atoms with Gasteiger partial charge >= 0.3 is 5.97 Å². The fraction of sp³-hybridized carbons (Fsp3) is 0.476. The predicted octanol–water partition coefficient (Wildman–Crippen LogP) is 3.29. The molecule has 0 atom stereocenters. The van der Waals surface area contributed by atoms with Crippen LogP contribution >= 0.6 is 11.3 Å². The fourth-order valence-electron chi connectivity index (χ4n) is 3.34. The average molecular weight is 466 g/mol. The van der Waals surface area contributed by atoms with Gasteiger partial charge in [0, 0.05) is 31.9 Å². The highest BCUT2D eigenvalue weighted by atomic mass is 32.2. The third-order valence-electron chi connectivity index (χ3n) is 5.29. The quantitative estimate of drug-likeness (QED) is 0.582. The number of amides is 1. The summed E-state index contributed by atoms with van der Waals surface area (Å²) in [6.45, 7) is 6.97. The van der Waals surface area contributed by atoms with Gasteiger partial charge in [0.2, 0.25) is 15.9 Å². The molecule has 0 saturated carbocycles. The van der Waals surface area contributed by atoms with Crippen molar-refractivity contribution >= 4 is 38.4 Å². The Morgan fingerprint density at radius 3 is 2.45 bits per heavy atom. The molecule has 1 amide bonds. The number of piperidine rings is 1. The minimum absolute atomic E-state index is 0.0309. The van der Waals surface area contributed by atoms with E-state index in [4.69, 9.17) is 4.74 Å². The lowest BCUT2D eigenvalue weighted by molar-refractivity contribution is -0.116. The van der Waals surface area contributed by atoms with Gasteiger partial charge < -0.3 is 4.74 Å². The Morgan fingerprint density at radius 1 is 1.23 bits per heavy atom. The van der Waals surface area contributed by atoms with E-state index in [9.17, 15) is 18.0 Å². The number of thiazole rings is 1. The van der Waals surface area contributed by atoms with E-state index < -0.39 is 16.0 Å². The van der Waals surface area contributed by atoms with Gasteiger partial charge in [-0.2, -0.15) is 4.31 Å². The Bertz CT molecular complexity index is 1030. The van der Waals surface area contributed by atoms with E-state index in [-0.39, 0.29) is 23.0 Å². The second-order valence-corrected chi connectivity index (χ2v) is 10.3. The van der Waals surface area contributed by atoms with Crippen molar-refractivity contribution in [1.82, 2.24) is 9.29 Å². The number of aromatic nitrogens is 1. The molecule has 1 aliphatic heterocycles. The highest BCUT2D eigenvalue weighted by molar-refractivity contribution is 7.89. The van der Waals surface area contributed by atoms with Crippen molar-refractivity contribution in [2.45, 2.75) is 45.1 Å². The van der Waals surface area contributed by atoms with Crippen LogP contribution < -0.4 is 4.90 Å². The second-order valence-electron chi connectivity index (χ2n) is 7.57. The molecule has 1 aliphatic rings. The zero-order chi connectivity index (χ0) is 22.6. The first kappa shape index (κ1) is 23.4. The van der Waals surface area contributed by atoms with Crippen molar-refractivity contribution < 1.29 is 22.7 Å². The molecule has 2 aromatic rings. The molecule has 0 spiro atoms. The van der Waals surface area contributed by atoms with Crippen LogP contribution in [-0.2, 0) is 26.2 Å². The first-order valence-electron chi connectivity index (χ1n) is 10.2. The summed E-state index contributed by atoms with van der Waals surface area (Å²) in [7, 11) is -3.56. The van der Waals surface area contributed by atoms with E-state index in [1.54, 1.807) is 5.38 Å². The van der Waals surface area contributed by atoms with Crippen molar-refractivity contribution in [3.8, 4) is 0 Å². The Balaban J connectivity index is 1.61. The number of ether oxygens (including phenoxy) is 1. The van der Waals surface area contributed by atoms with Crippen molar-refractivity contribution in [1.29, 1.82) is 0 Å². The predicted molar refractivity (Wildman–Crippen MR) is 119 cm³/mol. The summed E-state index contributed by atoms with van der Waals surface area (Å²) in [4.78, 5) is 30.0. The van der Waals surface area contributed by atoms with Crippen LogP contribution in [0.2, 0.25) is 0 Å². The maximum absolute atomic E-state index is 12.8. The number of nitrogens with zero attached hydrogens (tertiary/aromatic N) is 3. The molecule has 0 N–H and O–H groups in total. The number of esters is 1. The Hall–Kier alpha value is -2.30. The van der Waals surface area contributed by atoms with Gasteiger partial charge in [0.25, 0.3) is 0 Å². The molecule has 0 aliphatic carbocycles. The normalized spacial score (nSPS) is 15.6. The van der Waals surface area contributed by atoms with Gasteiger partial charge in [-0.3, -0.25) is 9.69 Å². The summed E-state index contributed by atoms with van der Waals surface area (Å²) < 4.78 is 32.4. The summed E-state index contributed by atoms with van der Waals surface area (Å²) in [5.74, 6) is -0.136. The summed E-state index contributed by atoms with van der Waals surface area (Å²) in [5, 5.41) is 2.30. The Kier molecular flexibility index (Phi) is 7.45. The smallest absolute Gasteiger partial charge is 0.338 e. The molecule has 10 heteroatoms. The largest absolute Gasteiger partial charge is 0.456 e. The van der Waals surface area contributed by atoms with Crippen LogP contribution in [0.1, 0.15) is 49.7 Å². The van der Waals surface area contributed by atoms with Crippen LogP contribution in [0.15, 0.2) is 34.5 Å². The number of carbonyl (C=O) groups excluding carboxylic acids is 2. The van der Waals surface area contributed by atoms with E-state index in [2.05, 4.69) is 11.9 Å². The average Bonchev–Trinajstić information content (AvgIpc) is 3.21. The highest BCUT2D eigenvalue weighted by Gasteiger charge is 2.28. The highest BCUT2D eigenvalue weighted by Crippen LogP contribution is 2.24. The van der Waals surface area contributed by atoms with Crippen LogP contribution in [0.4, 0.5) is 5.13 Å². The molecule has 1 aromatic heterocycles. The number of carbonyl (C=O) groups is 2. The molecule has 3 rings (SSSR count). The molecule has 0 radical (unpaired) electrons. The van der Waals surface area contributed by atoms with Crippen LogP contribution in [0.25, 0.3) is 0 Å². The zero-order valence-corrected chi connectivity index (χ0v) is 19.5. The Morgan fingerprint density at radius 2 is 1.87 bits per heavy atom. The minimum Gasteiger partial charge on any atom is -0.456 e. The monoisotopic (exact) mass is 465 g/mol. The lowest BCUT2D eigenvalue weighted by atomic mass is 10.0. The lowest BCUT2D eigenvalue weighted by Crippen LogP contribution is -2.37. The maximum atomic E-state index is 12.8. The third kappa shape index (κ3) is 5.50. The van der Waals surface area contributed by atoms with Crippen LogP contribution in [0.5, 0.6) is 0 Å².